The largest absolute Gasteiger partial charge is 0.497 e. The standard InChI is InChI=1S/2C50H58N6O3/c2*1-5-32-27-55-21-17-34(32)24-47(55)43(37-15-19-51-45-13-11-31(3)23-41(37)45)29-58-49-39-9-7-8-10-40(39)50(54-53-49)59-30-44(48-25-35-18-22-56(48)28-33(35)6-2)38-16-20-52-46-14-12-36(57-4)26-42(38)46/h2*7-16,19-20,23,26,32-35,43-44,47-48H,5-6,17-18,21-22,24-25,27-30H2,1-4H3/t32?,33?,34?,35-,43-,44-,47+,48+;32-,33?,34+,35?,43-,44-,47+,48+/m10/s1. The monoisotopic (exact) mass is 1580 g/mol. The van der Waals surface area contributed by atoms with Gasteiger partial charge in [-0.1, -0.05) is 101 Å². The van der Waals surface area contributed by atoms with E-state index in [0.717, 1.165) is 152 Å². The molecule has 0 saturated carbocycles. The van der Waals surface area contributed by atoms with Crippen LogP contribution in [0.4, 0.5) is 0 Å². The minimum atomic E-state index is 0.109. The van der Waals surface area contributed by atoms with E-state index in [-0.39, 0.29) is 23.7 Å². The second-order valence-electron chi connectivity index (χ2n) is 35.9. The molecule has 12 aromatic rings. The number of aromatic nitrogens is 8. The van der Waals surface area contributed by atoms with Crippen molar-refractivity contribution in [1.29, 1.82) is 0 Å². The first kappa shape index (κ1) is 78.1. The highest BCUT2D eigenvalue weighted by Crippen LogP contribution is 2.50. The molecule has 0 amide bonds. The summed E-state index contributed by atoms with van der Waals surface area (Å²) in [4.78, 5) is 30.0. The van der Waals surface area contributed by atoms with Gasteiger partial charge in [0.05, 0.1) is 84.3 Å². The molecule has 20 atom stereocenters. The van der Waals surface area contributed by atoms with Crippen molar-refractivity contribution < 1.29 is 28.4 Å². The smallest absolute Gasteiger partial charge is 0.241 e. The number of ether oxygens (including phenoxy) is 6. The van der Waals surface area contributed by atoms with E-state index in [9.17, 15) is 0 Å². The number of methoxy groups -OCH3 is 2. The number of rotatable bonds is 26. The number of hydrogen-bond acceptors (Lipinski definition) is 18. The molecule has 18 heteroatoms. The fourth-order valence-electron chi connectivity index (χ4n) is 23.5. The van der Waals surface area contributed by atoms with Crippen LogP contribution in [0.3, 0.4) is 0 Å². The van der Waals surface area contributed by atoms with Crippen molar-refractivity contribution in [2.45, 2.75) is 166 Å². The van der Waals surface area contributed by atoms with Gasteiger partial charge in [-0.2, -0.15) is 0 Å². The summed E-state index contributed by atoms with van der Waals surface area (Å²) in [6.07, 6.45) is 22.7. The van der Waals surface area contributed by atoms with Crippen molar-refractivity contribution in [2.75, 3.05) is 93.0 Å². The highest BCUT2D eigenvalue weighted by atomic mass is 16.5. The van der Waals surface area contributed by atoms with Gasteiger partial charge in [-0.3, -0.25) is 39.5 Å². The molecule has 9 unspecified atom stereocenters. The van der Waals surface area contributed by atoms with Crippen molar-refractivity contribution in [1.82, 2.24) is 59.9 Å². The summed E-state index contributed by atoms with van der Waals surface area (Å²) in [7, 11) is 3.46. The highest BCUT2D eigenvalue weighted by molar-refractivity contribution is 5.92. The van der Waals surface area contributed by atoms with Gasteiger partial charge in [-0.15, -0.1) is 20.4 Å². The number of hydrogen-bond donors (Lipinski definition) is 0. The lowest BCUT2D eigenvalue weighted by Crippen LogP contribution is -2.55. The Balaban J connectivity index is 0.000000157. The maximum atomic E-state index is 6.90. The van der Waals surface area contributed by atoms with E-state index in [1.807, 2.05) is 36.9 Å². The molecule has 612 valence electrons. The topological polar surface area (TPSA) is 171 Å². The Morgan fingerprint density at radius 2 is 0.585 bits per heavy atom. The maximum Gasteiger partial charge on any atom is 0.241 e. The molecule has 6 aromatic heterocycles. The minimum Gasteiger partial charge on any atom is -0.497 e. The number of piperidine rings is 12. The van der Waals surface area contributed by atoms with Crippen molar-refractivity contribution in [2.24, 2.45) is 47.3 Å². The SMILES string of the molecule is CCC1CN2CCC1C[C@@H]2[C@@H](COc1nnc(OC[C@@H](c2ccnc3ccc(C)cc23)[C@H]2C[C@H]3CCN2C[C@@H]3CC)c2ccccc12)c1ccnc2ccc(OC)cc12.CCC1CN2CCC1C[C@H]2[C@H](COc1nnc(OC[C@H](c2ccnc3ccc(OC)cc23)[C@@H]2C[C@H]3CCN2CC3CC)c2ccccc12)c1ccnc2ccc(C)cc12. The number of nitrogens with zero attached hydrogens (tertiary/aromatic N) is 12. The van der Waals surface area contributed by atoms with Gasteiger partial charge in [0.2, 0.25) is 23.5 Å². The average molecular weight is 1580 g/mol. The minimum absolute atomic E-state index is 0.109. The van der Waals surface area contributed by atoms with Gasteiger partial charge in [0.1, 0.15) is 11.5 Å². The second-order valence-corrected chi connectivity index (χ2v) is 35.9. The molecule has 12 fully saturated rings. The van der Waals surface area contributed by atoms with Crippen molar-refractivity contribution in [3.63, 3.8) is 0 Å². The molecule has 18 nitrogen and oxygen atoms in total. The third kappa shape index (κ3) is 15.2. The van der Waals surface area contributed by atoms with Crippen LogP contribution in [0.15, 0.2) is 170 Å². The molecule has 12 saturated heterocycles. The number of fused-ring (bicyclic) bond motifs is 18. The lowest BCUT2D eigenvalue weighted by molar-refractivity contribution is -0.0177. The second kappa shape index (κ2) is 34.2. The molecular formula is C100H116N12O6. The van der Waals surface area contributed by atoms with Crippen molar-refractivity contribution in [3.8, 4) is 35.0 Å². The first-order valence-corrected chi connectivity index (χ1v) is 44.5. The zero-order valence-electron chi connectivity index (χ0n) is 70.2. The van der Waals surface area contributed by atoms with Crippen LogP contribution in [0, 0.1) is 61.2 Å². The van der Waals surface area contributed by atoms with E-state index >= 15 is 0 Å². The number of aryl methyl sites for hydroxylation is 2. The molecule has 18 heterocycles. The number of benzene rings is 6. The normalized spacial score (nSPS) is 27.3. The fraction of sp³-hybridized carbons (Fsp3) is 0.480. The highest BCUT2D eigenvalue weighted by Gasteiger charge is 2.48. The van der Waals surface area contributed by atoms with Gasteiger partial charge < -0.3 is 28.4 Å². The van der Waals surface area contributed by atoms with Crippen molar-refractivity contribution in [3.05, 3.63) is 204 Å². The first-order valence-electron chi connectivity index (χ1n) is 44.5. The van der Waals surface area contributed by atoms with Crippen LogP contribution in [0.25, 0.3) is 65.2 Å². The molecule has 118 heavy (non-hydrogen) atoms. The van der Waals surface area contributed by atoms with Gasteiger partial charge in [-0.05, 0) is 270 Å². The summed E-state index contributed by atoms with van der Waals surface area (Å²) in [5, 5.41) is 27.6. The van der Waals surface area contributed by atoms with E-state index in [4.69, 9.17) is 68.8 Å². The summed E-state index contributed by atoms with van der Waals surface area (Å²) in [5.74, 6) is 10.5. The Morgan fingerprint density at radius 3 is 0.831 bits per heavy atom. The Hall–Kier alpha value is -9.72. The van der Waals surface area contributed by atoms with E-state index < -0.39 is 0 Å². The summed E-state index contributed by atoms with van der Waals surface area (Å²) >= 11 is 0. The zero-order valence-corrected chi connectivity index (χ0v) is 70.2. The quantitative estimate of drug-likeness (QED) is 0.0501. The molecule has 0 spiro atoms. The molecule has 24 rings (SSSR count). The van der Waals surface area contributed by atoms with Gasteiger partial charge in [0.25, 0.3) is 0 Å². The fourth-order valence-corrected chi connectivity index (χ4v) is 23.5. The molecule has 0 aliphatic carbocycles. The Kier molecular flexibility index (Phi) is 22.6. The van der Waals surface area contributed by atoms with Crippen molar-refractivity contribution >= 4 is 65.2 Å². The molecule has 6 aromatic carbocycles. The van der Waals surface area contributed by atoms with Gasteiger partial charge in [0, 0.05) is 120 Å². The van der Waals surface area contributed by atoms with E-state index in [0.29, 0.717) is 74.1 Å². The summed E-state index contributed by atoms with van der Waals surface area (Å²) in [6, 6.07) is 52.6. The Labute approximate surface area is 695 Å². The third-order valence-corrected chi connectivity index (χ3v) is 30.0. The first-order chi connectivity index (χ1) is 58.0. The molecule has 12 aliphatic heterocycles. The average Bonchev–Trinajstić information content (AvgIpc) is 0.769. The summed E-state index contributed by atoms with van der Waals surface area (Å²) in [6.45, 7) is 24.9. The molecule has 0 N–H and O–H groups in total. The maximum absolute atomic E-state index is 6.90. The molecule has 12 aliphatic rings. The lowest BCUT2D eigenvalue weighted by Gasteiger charge is -2.52. The lowest BCUT2D eigenvalue weighted by atomic mass is 9.70. The van der Waals surface area contributed by atoms with Crippen LogP contribution in [-0.2, 0) is 0 Å². The van der Waals surface area contributed by atoms with E-state index in [1.54, 1.807) is 14.2 Å². The van der Waals surface area contributed by atoms with Gasteiger partial charge in [0.15, 0.2) is 0 Å². The van der Waals surface area contributed by atoms with Crippen LogP contribution in [0.1, 0.15) is 162 Å². The predicted octanol–water partition coefficient (Wildman–Crippen LogP) is 19.2. The zero-order chi connectivity index (χ0) is 80.1. The van der Waals surface area contributed by atoms with Crippen LogP contribution in [0.2, 0.25) is 0 Å². The molecule has 0 radical (unpaired) electrons. The Morgan fingerprint density at radius 1 is 0.322 bits per heavy atom. The summed E-state index contributed by atoms with van der Waals surface area (Å²) < 4.78 is 39.0. The Bertz CT molecular complexity index is 5260. The molecular weight excluding hydrogens is 1470 g/mol. The van der Waals surface area contributed by atoms with Gasteiger partial charge >= 0.3 is 0 Å². The van der Waals surface area contributed by atoms with Gasteiger partial charge in [-0.25, -0.2) is 0 Å². The summed E-state index contributed by atoms with van der Waals surface area (Å²) in [5.41, 5.74) is 11.6. The van der Waals surface area contributed by atoms with Crippen LogP contribution < -0.4 is 28.4 Å². The van der Waals surface area contributed by atoms with E-state index in [2.05, 4.69) is 195 Å². The molecule has 8 bridgehead atoms. The third-order valence-electron chi connectivity index (χ3n) is 30.0. The van der Waals surface area contributed by atoms with E-state index in [1.165, 1.54) is 134 Å². The van der Waals surface area contributed by atoms with Crippen LogP contribution >= 0.6 is 0 Å². The number of pyridine rings is 4. The van der Waals surface area contributed by atoms with Crippen LogP contribution in [-0.4, -0.2) is 177 Å². The predicted molar refractivity (Wildman–Crippen MR) is 469 cm³/mol. The van der Waals surface area contributed by atoms with Crippen LogP contribution in [0.5, 0.6) is 35.0 Å².